The van der Waals surface area contributed by atoms with Crippen LogP contribution in [-0.4, -0.2) is 24.4 Å². The number of carbonyl (C=O) groups is 2. The van der Waals surface area contributed by atoms with Gasteiger partial charge in [-0.1, -0.05) is 34.1 Å². The number of fused-ring (bicyclic) bond motifs is 1. The van der Waals surface area contributed by atoms with Gasteiger partial charge in [0, 0.05) is 22.3 Å². The van der Waals surface area contributed by atoms with Gasteiger partial charge in [-0.3, -0.25) is 9.59 Å². The number of anilines is 1. The van der Waals surface area contributed by atoms with Crippen molar-refractivity contribution in [3.05, 3.63) is 64.1 Å². The summed E-state index contributed by atoms with van der Waals surface area (Å²) in [6.07, 6.45) is 0.833. The third-order valence-electron chi connectivity index (χ3n) is 3.96. The number of nitrogens with one attached hydrogen (secondary N) is 1. The van der Waals surface area contributed by atoms with E-state index in [1.54, 1.807) is 36.1 Å². The summed E-state index contributed by atoms with van der Waals surface area (Å²) >= 11 is 3.45. The van der Waals surface area contributed by atoms with Crippen molar-refractivity contribution in [2.75, 3.05) is 11.4 Å². The molecule has 0 aliphatic carbocycles. The summed E-state index contributed by atoms with van der Waals surface area (Å²) in [5, 5.41) is 2.78. The predicted octanol–water partition coefficient (Wildman–Crippen LogP) is 3.16. The van der Waals surface area contributed by atoms with Crippen LogP contribution in [0, 0.1) is 0 Å². The van der Waals surface area contributed by atoms with Gasteiger partial charge in [-0.15, -0.1) is 0 Å². The highest BCUT2D eigenvalue weighted by Gasteiger charge is 2.28. The minimum atomic E-state index is -0.572. The van der Waals surface area contributed by atoms with Crippen molar-refractivity contribution in [3.63, 3.8) is 0 Å². The lowest BCUT2D eigenvalue weighted by Gasteiger charge is -2.22. The Hall–Kier alpha value is -2.14. The van der Waals surface area contributed by atoms with Crippen LogP contribution in [-0.2, 0) is 11.2 Å². The van der Waals surface area contributed by atoms with Crippen LogP contribution in [0.2, 0.25) is 0 Å². The molecule has 2 amide bonds. The van der Waals surface area contributed by atoms with E-state index >= 15 is 0 Å². The van der Waals surface area contributed by atoms with E-state index < -0.39 is 6.04 Å². The van der Waals surface area contributed by atoms with Gasteiger partial charge >= 0.3 is 0 Å². The summed E-state index contributed by atoms with van der Waals surface area (Å²) in [6, 6.07) is 14.3. The van der Waals surface area contributed by atoms with Gasteiger partial charge in [0.15, 0.2) is 0 Å². The molecule has 0 bridgehead atoms. The SMILES string of the molecule is CC(NC(=O)c1ccccc1)C(=O)N1CCc2cc(Br)ccc21. The maximum atomic E-state index is 12.7. The molecule has 1 heterocycles. The van der Waals surface area contributed by atoms with Gasteiger partial charge in [-0.25, -0.2) is 0 Å². The van der Waals surface area contributed by atoms with Crippen LogP contribution >= 0.6 is 15.9 Å². The Morgan fingerprint density at radius 3 is 2.65 bits per heavy atom. The lowest BCUT2D eigenvalue weighted by Crippen LogP contribution is -2.46. The number of nitrogens with zero attached hydrogens (tertiary/aromatic N) is 1. The maximum Gasteiger partial charge on any atom is 0.251 e. The normalized spacial score (nSPS) is 14.3. The lowest BCUT2D eigenvalue weighted by molar-refractivity contribution is -0.119. The fourth-order valence-electron chi connectivity index (χ4n) is 2.76. The molecule has 0 aromatic heterocycles. The van der Waals surface area contributed by atoms with E-state index in [2.05, 4.69) is 21.2 Å². The Labute approximate surface area is 143 Å². The van der Waals surface area contributed by atoms with E-state index in [0.717, 1.165) is 22.1 Å². The van der Waals surface area contributed by atoms with Crippen LogP contribution in [0.25, 0.3) is 0 Å². The Kier molecular flexibility index (Phi) is 4.48. The highest BCUT2D eigenvalue weighted by molar-refractivity contribution is 9.10. The van der Waals surface area contributed by atoms with E-state index in [1.165, 1.54) is 0 Å². The number of hydrogen-bond acceptors (Lipinski definition) is 2. The third kappa shape index (κ3) is 3.29. The molecule has 1 N–H and O–H groups in total. The van der Waals surface area contributed by atoms with Crippen LogP contribution in [0.3, 0.4) is 0 Å². The largest absolute Gasteiger partial charge is 0.341 e. The molecule has 0 spiro atoms. The highest BCUT2D eigenvalue weighted by atomic mass is 79.9. The zero-order valence-corrected chi connectivity index (χ0v) is 14.3. The van der Waals surface area contributed by atoms with E-state index in [-0.39, 0.29) is 11.8 Å². The monoisotopic (exact) mass is 372 g/mol. The first-order valence-electron chi connectivity index (χ1n) is 7.52. The molecule has 23 heavy (non-hydrogen) atoms. The van der Waals surface area contributed by atoms with Gasteiger partial charge in [-0.2, -0.15) is 0 Å². The first kappa shape index (κ1) is 15.7. The number of amides is 2. The standard InChI is InChI=1S/C18H17BrN2O2/c1-12(20-17(22)13-5-3-2-4-6-13)18(23)21-10-9-14-11-15(19)7-8-16(14)21/h2-8,11-12H,9-10H2,1H3,(H,20,22). The second kappa shape index (κ2) is 6.54. The molecule has 1 aliphatic rings. The number of hydrogen-bond donors (Lipinski definition) is 1. The van der Waals surface area contributed by atoms with Crippen LogP contribution in [0.4, 0.5) is 5.69 Å². The van der Waals surface area contributed by atoms with Crippen LogP contribution in [0.5, 0.6) is 0 Å². The van der Waals surface area contributed by atoms with E-state index in [1.807, 2.05) is 24.3 Å². The van der Waals surface area contributed by atoms with E-state index in [9.17, 15) is 9.59 Å². The van der Waals surface area contributed by atoms with Crippen molar-refractivity contribution in [3.8, 4) is 0 Å². The molecule has 1 aliphatic heterocycles. The number of carbonyl (C=O) groups excluding carboxylic acids is 2. The molecule has 5 heteroatoms. The Morgan fingerprint density at radius 2 is 1.91 bits per heavy atom. The average molecular weight is 373 g/mol. The first-order valence-corrected chi connectivity index (χ1v) is 8.31. The van der Waals surface area contributed by atoms with E-state index in [4.69, 9.17) is 0 Å². The molecule has 2 aromatic carbocycles. The first-order chi connectivity index (χ1) is 11.1. The van der Waals surface area contributed by atoms with Crippen LogP contribution < -0.4 is 10.2 Å². The summed E-state index contributed by atoms with van der Waals surface area (Å²) in [4.78, 5) is 26.6. The van der Waals surface area contributed by atoms with Gasteiger partial charge in [0.05, 0.1) is 0 Å². The summed E-state index contributed by atoms with van der Waals surface area (Å²) < 4.78 is 1.01. The van der Waals surface area contributed by atoms with Crippen molar-refractivity contribution in [2.45, 2.75) is 19.4 Å². The molecule has 1 atom stereocenters. The maximum absolute atomic E-state index is 12.7. The van der Waals surface area contributed by atoms with E-state index in [0.29, 0.717) is 12.1 Å². The van der Waals surface area contributed by atoms with Crippen molar-refractivity contribution < 1.29 is 9.59 Å². The fraction of sp³-hybridized carbons (Fsp3) is 0.222. The molecule has 3 rings (SSSR count). The van der Waals surface area contributed by atoms with Crippen molar-refractivity contribution in [1.29, 1.82) is 0 Å². The summed E-state index contributed by atoms with van der Waals surface area (Å²) in [5.41, 5.74) is 2.63. The van der Waals surface area contributed by atoms with Gasteiger partial charge < -0.3 is 10.2 Å². The third-order valence-corrected chi connectivity index (χ3v) is 4.45. The number of benzene rings is 2. The molecule has 118 valence electrons. The molecule has 0 fully saturated rings. The van der Waals surface area contributed by atoms with Gasteiger partial charge in [0.25, 0.3) is 5.91 Å². The average Bonchev–Trinajstić information content (AvgIpc) is 2.97. The molecule has 2 aromatic rings. The van der Waals surface area contributed by atoms with Crippen molar-refractivity contribution in [1.82, 2.24) is 5.32 Å². The quantitative estimate of drug-likeness (QED) is 0.899. The summed E-state index contributed by atoms with van der Waals surface area (Å²) in [6.45, 7) is 2.37. The van der Waals surface area contributed by atoms with Crippen LogP contribution in [0.1, 0.15) is 22.8 Å². The topological polar surface area (TPSA) is 49.4 Å². The second-order valence-corrected chi connectivity index (χ2v) is 6.49. The molecule has 4 nitrogen and oxygen atoms in total. The highest BCUT2D eigenvalue weighted by Crippen LogP contribution is 2.30. The minimum Gasteiger partial charge on any atom is -0.341 e. The molecule has 0 saturated heterocycles. The zero-order valence-electron chi connectivity index (χ0n) is 12.8. The van der Waals surface area contributed by atoms with Gasteiger partial charge in [0.1, 0.15) is 6.04 Å². The van der Waals surface area contributed by atoms with Crippen molar-refractivity contribution >= 4 is 33.4 Å². The molecular formula is C18H17BrN2O2. The molecule has 0 saturated carbocycles. The van der Waals surface area contributed by atoms with Crippen molar-refractivity contribution in [2.24, 2.45) is 0 Å². The number of rotatable bonds is 3. The zero-order chi connectivity index (χ0) is 16.4. The summed E-state index contributed by atoms with van der Waals surface area (Å²) in [5.74, 6) is -0.322. The number of halogens is 1. The lowest BCUT2D eigenvalue weighted by atomic mass is 10.1. The second-order valence-electron chi connectivity index (χ2n) is 5.57. The Balaban J connectivity index is 1.71. The molecule has 1 unspecified atom stereocenters. The predicted molar refractivity (Wildman–Crippen MR) is 93.6 cm³/mol. The molecule has 0 radical (unpaired) electrons. The molecular weight excluding hydrogens is 356 g/mol. The minimum absolute atomic E-state index is 0.0876. The summed E-state index contributed by atoms with van der Waals surface area (Å²) in [7, 11) is 0. The smallest absolute Gasteiger partial charge is 0.251 e. The van der Waals surface area contributed by atoms with Gasteiger partial charge in [-0.05, 0) is 49.2 Å². The Morgan fingerprint density at radius 1 is 1.17 bits per heavy atom. The van der Waals surface area contributed by atoms with Crippen LogP contribution in [0.15, 0.2) is 53.0 Å². The Bertz CT molecular complexity index is 746. The van der Waals surface area contributed by atoms with Gasteiger partial charge in [0.2, 0.25) is 5.91 Å². The fourth-order valence-corrected chi connectivity index (χ4v) is 3.17.